The number of aryl methyl sites for hydroxylation is 2. The van der Waals surface area contributed by atoms with Crippen LogP contribution in [0.4, 0.5) is 0 Å². The van der Waals surface area contributed by atoms with E-state index in [1.807, 2.05) is 24.3 Å². The van der Waals surface area contributed by atoms with Crippen LogP contribution in [0.15, 0.2) is 42.5 Å². The van der Waals surface area contributed by atoms with Crippen LogP contribution in [0.3, 0.4) is 0 Å². The molecular weight excluding hydrogens is 194 g/mol. The van der Waals surface area contributed by atoms with E-state index >= 15 is 0 Å². The summed E-state index contributed by atoms with van der Waals surface area (Å²) >= 11 is 0. The molecule has 0 spiro atoms. The van der Waals surface area contributed by atoms with Crippen LogP contribution < -0.4 is 0 Å². The van der Waals surface area contributed by atoms with E-state index in [1.54, 1.807) is 0 Å². The van der Waals surface area contributed by atoms with E-state index in [9.17, 15) is 0 Å². The molecule has 2 aromatic rings. The van der Waals surface area contributed by atoms with Gasteiger partial charge in [-0.3, -0.25) is 0 Å². The lowest BCUT2D eigenvalue weighted by Gasteiger charge is -2.08. The minimum absolute atomic E-state index is 0.733. The molecule has 0 radical (unpaired) electrons. The van der Waals surface area contributed by atoms with Gasteiger partial charge in [-0.25, -0.2) is 0 Å². The van der Waals surface area contributed by atoms with Crippen LogP contribution in [0.5, 0.6) is 0 Å². The minimum Gasteiger partial charge on any atom is -0.192 e. The van der Waals surface area contributed by atoms with E-state index in [-0.39, 0.29) is 0 Å². The van der Waals surface area contributed by atoms with Crippen LogP contribution in [-0.2, 0) is 0 Å². The SMILES string of the molecule is Cc1ccc(C)c(-c2ccccc2C#N)c1. The van der Waals surface area contributed by atoms with Crippen LogP contribution in [0.1, 0.15) is 16.7 Å². The molecule has 0 amide bonds. The quantitative estimate of drug-likeness (QED) is 0.697. The fourth-order valence-corrected chi connectivity index (χ4v) is 1.84. The van der Waals surface area contributed by atoms with E-state index in [2.05, 4.69) is 38.1 Å². The van der Waals surface area contributed by atoms with Crippen molar-refractivity contribution < 1.29 is 0 Å². The number of benzene rings is 2. The first-order valence-electron chi connectivity index (χ1n) is 5.29. The van der Waals surface area contributed by atoms with Crippen molar-refractivity contribution >= 4 is 0 Å². The van der Waals surface area contributed by atoms with Gasteiger partial charge in [0.25, 0.3) is 0 Å². The topological polar surface area (TPSA) is 23.8 Å². The maximum Gasteiger partial charge on any atom is 0.0998 e. The third kappa shape index (κ3) is 1.83. The van der Waals surface area contributed by atoms with Gasteiger partial charge in [-0.15, -0.1) is 0 Å². The van der Waals surface area contributed by atoms with E-state index in [1.165, 1.54) is 11.1 Å². The van der Waals surface area contributed by atoms with Gasteiger partial charge >= 0.3 is 0 Å². The molecule has 0 fully saturated rings. The lowest BCUT2D eigenvalue weighted by molar-refractivity contribution is 1.38. The summed E-state index contributed by atoms with van der Waals surface area (Å²) in [6.45, 7) is 4.14. The Balaban J connectivity index is 2.68. The largest absolute Gasteiger partial charge is 0.192 e. The van der Waals surface area contributed by atoms with Crippen molar-refractivity contribution in [3.63, 3.8) is 0 Å². The first kappa shape index (κ1) is 10.4. The van der Waals surface area contributed by atoms with E-state index < -0.39 is 0 Å². The Morgan fingerprint density at radius 2 is 1.69 bits per heavy atom. The van der Waals surface area contributed by atoms with Crippen molar-refractivity contribution in [2.24, 2.45) is 0 Å². The van der Waals surface area contributed by atoms with Gasteiger partial charge in [0, 0.05) is 0 Å². The molecule has 1 nitrogen and oxygen atoms in total. The van der Waals surface area contributed by atoms with Crippen molar-refractivity contribution in [3.05, 3.63) is 59.2 Å². The van der Waals surface area contributed by atoms with Gasteiger partial charge in [-0.1, -0.05) is 42.0 Å². The van der Waals surface area contributed by atoms with Crippen LogP contribution in [-0.4, -0.2) is 0 Å². The minimum atomic E-state index is 0.733. The van der Waals surface area contributed by atoms with Gasteiger partial charge in [0.05, 0.1) is 11.6 Å². The third-order valence-electron chi connectivity index (χ3n) is 2.73. The summed E-state index contributed by atoms with van der Waals surface area (Å²) < 4.78 is 0. The summed E-state index contributed by atoms with van der Waals surface area (Å²) in [5, 5.41) is 9.09. The van der Waals surface area contributed by atoms with Gasteiger partial charge in [-0.2, -0.15) is 5.26 Å². The van der Waals surface area contributed by atoms with Gasteiger partial charge < -0.3 is 0 Å². The van der Waals surface area contributed by atoms with E-state index in [0.29, 0.717) is 0 Å². The van der Waals surface area contributed by atoms with Crippen molar-refractivity contribution in [1.82, 2.24) is 0 Å². The van der Waals surface area contributed by atoms with E-state index in [4.69, 9.17) is 5.26 Å². The molecule has 2 aromatic carbocycles. The summed E-state index contributed by atoms with van der Waals surface area (Å²) in [4.78, 5) is 0. The van der Waals surface area contributed by atoms with Gasteiger partial charge in [0.1, 0.15) is 0 Å². The molecule has 0 N–H and O–H groups in total. The summed E-state index contributed by atoms with van der Waals surface area (Å²) in [6, 6.07) is 16.3. The second-order valence-corrected chi connectivity index (χ2v) is 3.98. The monoisotopic (exact) mass is 207 g/mol. The maximum absolute atomic E-state index is 9.09. The zero-order valence-electron chi connectivity index (χ0n) is 9.49. The highest BCUT2D eigenvalue weighted by Gasteiger charge is 2.06. The Hall–Kier alpha value is -2.07. The summed E-state index contributed by atoms with van der Waals surface area (Å²) in [6.07, 6.45) is 0. The molecule has 2 rings (SSSR count). The zero-order chi connectivity index (χ0) is 11.5. The van der Waals surface area contributed by atoms with Crippen molar-refractivity contribution in [3.8, 4) is 17.2 Å². The molecule has 0 aliphatic carbocycles. The smallest absolute Gasteiger partial charge is 0.0998 e. The molecule has 0 saturated heterocycles. The highest BCUT2D eigenvalue weighted by molar-refractivity contribution is 5.73. The van der Waals surface area contributed by atoms with Crippen LogP contribution in [0.2, 0.25) is 0 Å². The summed E-state index contributed by atoms with van der Waals surface area (Å²) in [7, 11) is 0. The summed E-state index contributed by atoms with van der Waals surface area (Å²) in [5.74, 6) is 0. The number of nitrogens with zero attached hydrogens (tertiary/aromatic N) is 1. The number of hydrogen-bond acceptors (Lipinski definition) is 1. The molecule has 0 aromatic heterocycles. The maximum atomic E-state index is 9.09. The second kappa shape index (κ2) is 4.20. The second-order valence-electron chi connectivity index (χ2n) is 3.98. The molecule has 0 aliphatic rings. The molecule has 0 aliphatic heterocycles. The number of rotatable bonds is 1. The van der Waals surface area contributed by atoms with Gasteiger partial charge in [-0.05, 0) is 36.6 Å². The average Bonchev–Trinajstić information content (AvgIpc) is 2.32. The molecule has 0 unspecified atom stereocenters. The normalized spacial score (nSPS) is 9.81. The number of hydrogen-bond donors (Lipinski definition) is 0. The highest BCUT2D eigenvalue weighted by atomic mass is 14.2. The van der Waals surface area contributed by atoms with Crippen molar-refractivity contribution in [2.45, 2.75) is 13.8 Å². The van der Waals surface area contributed by atoms with Crippen LogP contribution in [0, 0.1) is 25.2 Å². The third-order valence-corrected chi connectivity index (χ3v) is 2.73. The Labute approximate surface area is 96.0 Å². The predicted molar refractivity (Wildman–Crippen MR) is 66.1 cm³/mol. The summed E-state index contributed by atoms with van der Waals surface area (Å²) in [5.41, 5.74) is 5.32. The predicted octanol–water partition coefficient (Wildman–Crippen LogP) is 3.84. The standard InChI is InChI=1S/C15H13N/c1-11-7-8-12(2)15(9-11)14-6-4-3-5-13(14)10-16/h3-9H,1-2H3. The molecule has 78 valence electrons. The fourth-order valence-electron chi connectivity index (χ4n) is 1.84. The average molecular weight is 207 g/mol. The molecular formula is C15H13N. The Morgan fingerprint density at radius 3 is 2.44 bits per heavy atom. The van der Waals surface area contributed by atoms with Crippen LogP contribution >= 0.6 is 0 Å². The van der Waals surface area contributed by atoms with Crippen LogP contribution in [0.25, 0.3) is 11.1 Å². The number of nitriles is 1. The molecule has 1 heteroatoms. The molecule has 16 heavy (non-hydrogen) atoms. The first-order chi connectivity index (χ1) is 7.72. The highest BCUT2D eigenvalue weighted by Crippen LogP contribution is 2.27. The lowest BCUT2D eigenvalue weighted by Crippen LogP contribution is -1.88. The molecule has 0 saturated carbocycles. The molecule has 0 atom stereocenters. The molecule has 0 heterocycles. The Kier molecular flexibility index (Phi) is 2.74. The van der Waals surface area contributed by atoms with Crippen molar-refractivity contribution in [1.29, 1.82) is 5.26 Å². The zero-order valence-corrected chi connectivity index (χ0v) is 9.49. The Morgan fingerprint density at radius 1 is 0.938 bits per heavy atom. The van der Waals surface area contributed by atoms with Gasteiger partial charge in [0.2, 0.25) is 0 Å². The molecule has 0 bridgehead atoms. The van der Waals surface area contributed by atoms with Gasteiger partial charge in [0.15, 0.2) is 0 Å². The first-order valence-corrected chi connectivity index (χ1v) is 5.29. The fraction of sp³-hybridized carbons (Fsp3) is 0.133. The van der Waals surface area contributed by atoms with E-state index in [0.717, 1.165) is 16.7 Å². The Bertz CT molecular complexity index is 562. The lowest BCUT2D eigenvalue weighted by atomic mass is 9.95. The van der Waals surface area contributed by atoms with Crippen molar-refractivity contribution in [2.75, 3.05) is 0 Å².